The summed E-state index contributed by atoms with van der Waals surface area (Å²) in [6.45, 7) is 0. The molecule has 2 aliphatic heterocycles. The first kappa shape index (κ1) is 25.6. The Hall–Kier alpha value is -1.70. The number of carbonyl (C=O) groups is 1. The normalized spacial score (nSPS) is 48.1. The van der Waals surface area contributed by atoms with Gasteiger partial charge in [0, 0.05) is 17.5 Å². The molecule has 8 atom stereocenters. The van der Waals surface area contributed by atoms with E-state index in [0.29, 0.717) is 11.5 Å². The highest BCUT2D eigenvalue weighted by molar-refractivity contribution is 6.24. The predicted molar refractivity (Wildman–Crippen MR) is 124 cm³/mol. The summed E-state index contributed by atoms with van der Waals surface area (Å²) >= 11 is 6.97. The summed E-state index contributed by atoms with van der Waals surface area (Å²) in [5.41, 5.74) is -0.160. The van der Waals surface area contributed by atoms with Crippen molar-refractivity contribution in [1.82, 2.24) is 0 Å². The maximum absolute atomic E-state index is 11.5. The molecule has 4 bridgehead atoms. The van der Waals surface area contributed by atoms with E-state index in [4.69, 9.17) is 40.3 Å². The third kappa shape index (κ3) is 3.49. The summed E-state index contributed by atoms with van der Waals surface area (Å²) < 4.78 is 22.6. The number of hydrogen-bond donors (Lipinski definition) is 4. The number of rotatable bonds is 6. The average molecular weight is 543 g/mol. The van der Waals surface area contributed by atoms with Crippen molar-refractivity contribution in [3.8, 4) is 11.5 Å². The van der Waals surface area contributed by atoms with Crippen LogP contribution in [-0.4, -0.2) is 81.8 Å². The van der Waals surface area contributed by atoms with Crippen LogP contribution in [0.1, 0.15) is 37.7 Å². The number of benzene rings is 1. The van der Waals surface area contributed by atoms with Gasteiger partial charge in [0.15, 0.2) is 23.2 Å². The van der Waals surface area contributed by atoms with Gasteiger partial charge in [-0.25, -0.2) is 9.68 Å². The van der Waals surface area contributed by atoms with E-state index in [9.17, 15) is 25.2 Å². The molecular weight excluding hydrogens is 512 g/mol. The van der Waals surface area contributed by atoms with Crippen LogP contribution in [0.3, 0.4) is 0 Å². The Morgan fingerprint density at radius 1 is 1.00 bits per heavy atom. The van der Waals surface area contributed by atoms with Crippen LogP contribution in [0.15, 0.2) is 18.2 Å². The molecule has 204 valence electrons. The molecule has 4 saturated carbocycles. The van der Waals surface area contributed by atoms with Gasteiger partial charge in [-0.1, -0.05) is 0 Å². The summed E-state index contributed by atoms with van der Waals surface area (Å²) in [5, 5.41) is 40.0. The van der Waals surface area contributed by atoms with Gasteiger partial charge in [0.2, 0.25) is 6.29 Å². The van der Waals surface area contributed by atoms with Crippen molar-refractivity contribution >= 4 is 17.6 Å². The number of aliphatic hydroxyl groups is 3. The van der Waals surface area contributed by atoms with Crippen molar-refractivity contribution in [1.29, 1.82) is 0 Å². The third-order valence-electron chi connectivity index (χ3n) is 9.03. The zero-order chi connectivity index (χ0) is 26.3. The van der Waals surface area contributed by atoms with Crippen LogP contribution >= 0.6 is 11.6 Å². The molecule has 37 heavy (non-hydrogen) atoms. The number of halogens is 1. The molecule has 2 heterocycles. The van der Waals surface area contributed by atoms with Crippen molar-refractivity contribution in [2.24, 2.45) is 17.8 Å². The van der Waals surface area contributed by atoms with Gasteiger partial charge in [-0.3, -0.25) is 0 Å². The van der Waals surface area contributed by atoms with Gasteiger partial charge in [-0.15, -0.1) is 11.6 Å². The van der Waals surface area contributed by atoms with Gasteiger partial charge in [0.25, 0.3) is 5.79 Å². The fourth-order valence-electron chi connectivity index (χ4n) is 7.59. The first-order valence-electron chi connectivity index (χ1n) is 12.5. The number of alkyl halides is 1. The quantitative estimate of drug-likeness (QED) is 0.303. The van der Waals surface area contributed by atoms with E-state index < -0.39 is 48.1 Å². The Morgan fingerprint density at radius 3 is 2.24 bits per heavy atom. The van der Waals surface area contributed by atoms with Crippen LogP contribution in [0.2, 0.25) is 0 Å². The second-order valence-corrected chi connectivity index (χ2v) is 11.8. The molecule has 0 radical (unpaired) electrons. The number of aliphatic carboxylic acids is 1. The summed E-state index contributed by atoms with van der Waals surface area (Å²) in [7, 11) is 2.98. The van der Waals surface area contributed by atoms with E-state index >= 15 is 0 Å². The predicted octanol–water partition coefficient (Wildman–Crippen LogP) is 1.28. The number of ether oxygens (including phenoxy) is 4. The number of aliphatic hydroxyl groups excluding tert-OH is 3. The zero-order valence-electron chi connectivity index (χ0n) is 20.4. The van der Waals surface area contributed by atoms with E-state index in [2.05, 4.69) is 0 Å². The molecule has 6 aliphatic rings. The second kappa shape index (κ2) is 8.65. The van der Waals surface area contributed by atoms with Gasteiger partial charge < -0.3 is 39.4 Å². The SMILES string of the molecule is COc1ccc(C2(OC)OOC23C2CC4CC3CC(Cl)(C4)C2)cc1OC1OC(C(=O)O)C(O)C(O)C1O. The first-order chi connectivity index (χ1) is 17.6. The average Bonchev–Trinajstić information content (AvgIpc) is 2.83. The van der Waals surface area contributed by atoms with Crippen LogP contribution in [0.25, 0.3) is 0 Å². The Morgan fingerprint density at radius 2 is 1.70 bits per heavy atom. The van der Waals surface area contributed by atoms with Crippen LogP contribution < -0.4 is 9.47 Å². The van der Waals surface area contributed by atoms with Gasteiger partial charge in [-0.05, 0) is 68.1 Å². The largest absolute Gasteiger partial charge is 0.493 e. The molecule has 4 aliphatic carbocycles. The topological polar surface area (TPSA) is 153 Å². The Labute approximate surface area is 218 Å². The van der Waals surface area contributed by atoms with Gasteiger partial charge in [-0.2, -0.15) is 4.89 Å². The highest BCUT2D eigenvalue weighted by Crippen LogP contribution is 2.71. The minimum Gasteiger partial charge on any atom is -0.493 e. The van der Waals surface area contributed by atoms with Gasteiger partial charge >= 0.3 is 5.97 Å². The minimum atomic E-state index is -1.83. The number of hydrogen-bond acceptors (Lipinski definition) is 10. The van der Waals surface area contributed by atoms with E-state index in [1.165, 1.54) is 7.11 Å². The number of carboxylic acids is 1. The molecule has 0 amide bonds. The fourth-order valence-corrected chi connectivity index (χ4v) is 8.18. The molecule has 11 nitrogen and oxygen atoms in total. The molecule has 2 saturated heterocycles. The molecule has 7 rings (SSSR count). The Balaban J connectivity index is 1.34. The summed E-state index contributed by atoms with van der Waals surface area (Å²) in [6.07, 6.45) is -4.22. The lowest BCUT2D eigenvalue weighted by atomic mass is 9.46. The lowest BCUT2D eigenvalue weighted by Gasteiger charge is -2.70. The van der Waals surface area contributed by atoms with Crippen molar-refractivity contribution in [3.05, 3.63) is 23.8 Å². The van der Waals surface area contributed by atoms with Crippen molar-refractivity contribution in [2.75, 3.05) is 14.2 Å². The van der Waals surface area contributed by atoms with E-state index in [1.807, 2.05) is 0 Å². The smallest absolute Gasteiger partial charge is 0.335 e. The lowest BCUT2D eigenvalue weighted by molar-refractivity contribution is -0.645. The Kier molecular flexibility index (Phi) is 5.98. The summed E-state index contributed by atoms with van der Waals surface area (Å²) in [6, 6.07) is 5.02. The Bertz CT molecular complexity index is 1060. The second-order valence-electron chi connectivity index (χ2n) is 11.0. The number of methoxy groups -OCH3 is 2. The highest BCUT2D eigenvalue weighted by Gasteiger charge is 2.78. The molecule has 8 unspecified atom stereocenters. The van der Waals surface area contributed by atoms with Crippen LogP contribution in [0.4, 0.5) is 0 Å². The van der Waals surface area contributed by atoms with Crippen LogP contribution in [-0.2, 0) is 29.8 Å². The lowest BCUT2D eigenvalue weighted by Crippen LogP contribution is -2.78. The molecule has 4 N–H and O–H groups in total. The summed E-state index contributed by atoms with van der Waals surface area (Å²) in [5.74, 6) is -1.59. The standard InChI is InChI=1S/C25H31ClO11/c1-32-15-4-3-12(7-16(15)34-22-19(29)17(27)18(28)20(35-22)21(30)31)25(33-2)24(36-37-25)13-5-11-6-14(24)10-23(26,8-11)9-13/h3-4,7,11,13-14,17-20,22,27-29H,5-6,8-10H2,1-2H3,(H,30,31). The molecule has 1 spiro atoms. The first-order valence-corrected chi connectivity index (χ1v) is 12.8. The monoisotopic (exact) mass is 542 g/mol. The maximum atomic E-state index is 11.5. The molecule has 0 aromatic heterocycles. The molecule has 1 aromatic rings. The van der Waals surface area contributed by atoms with Gasteiger partial charge in [0.1, 0.15) is 18.3 Å². The number of carboxylic acid groups (broad SMARTS) is 1. The van der Waals surface area contributed by atoms with E-state index in [-0.39, 0.29) is 28.2 Å². The van der Waals surface area contributed by atoms with Crippen molar-refractivity contribution in [3.63, 3.8) is 0 Å². The van der Waals surface area contributed by atoms with E-state index in [0.717, 1.165) is 32.1 Å². The molecule has 6 fully saturated rings. The zero-order valence-corrected chi connectivity index (χ0v) is 21.2. The maximum Gasteiger partial charge on any atom is 0.335 e. The van der Waals surface area contributed by atoms with Gasteiger partial charge in [0.05, 0.1) is 7.11 Å². The van der Waals surface area contributed by atoms with E-state index in [1.54, 1.807) is 25.3 Å². The van der Waals surface area contributed by atoms with Crippen molar-refractivity contribution < 1.29 is 53.9 Å². The minimum absolute atomic E-state index is 0.0940. The van der Waals surface area contributed by atoms with Crippen LogP contribution in [0, 0.1) is 17.8 Å². The molecule has 12 heteroatoms. The third-order valence-corrected chi connectivity index (χ3v) is 9.49. The fraction of sp³-hybridized carbons (Fsp3) is 0.720. The highest BCUT2D eigenvalue weighted by atomic mass is 35.5. The summed E-state index contributed by atoms with van der Waals surface area (Å²) in [4.78, 5) is 23.1. The molecular formula is C25H31ClO11. The van der Waals surface area contributed by atoms with Crippen LogP contribution in [0.5, 0.6) is 11.5 Å². The van der Waals surface area contributed by atoms with Crippen molar-refractivity contribution in [2.45, 2.75) is 79.1 Å². The molecule has 1 aromatic carbocycles.